The molecule has 186 valence electrons. The van der Waals surface area contributed by atoms with Crippen LogP contribution in [-0.2, 0) is 19.1 Å². The van der Waals surface area contributed by atoms with Gasteiger partial charge in [0.25, 0.3) is 0 Å². The van der Waals surface area contributed by atoms with Crippen LogP contribution in [0.3, 0.4) is 0 Å². The van der Waals surface area contributed by atoms with Gasteiger partial charge in [-0.25, -0.2) is 9.79 Å². The fraction of sp³-hybridized carbons (Fsp3) is 0.296. The Hall–Kier alpha value is -2.19. The van der Waals surface area contributed by atoms with Gasteiger partial charge in [0, 0.05) is 33.9 Å². The third kappa shape index (κ3) is 4.20. The number of hydrogen-bond acceptors (Lipinski definition) is 7. The molecular weight excluding hydrogens is 537 g/mol. The summed E-state index contributed by atoms with van der Waals surface area (Å²) in [4.78, 5) is 32.6. The molecule has 0 aromatic heterocycles. The summed E-state index contributed by atoms with van der Waals surface area (Å²) in [6.45, 7) is 1.93. The van der Waals surface area contributed by atoms with E-state index in [0.717, 1.165) is 26.9 Å². The topological polar surface area (TPSA) is 65.0 Å². The van der Waals surface area contributed by atoms with Crippen LogP contribution in [0.5, 0.6) is 0 Å². The molecule has 9 heteroatoms. The number of Topliss-reactive ketones (excluding diaryl/α,β-unsaturated/α-hetero) is 1. The van der Waals surface area contributed by atoms with Crippen LogP contribution in [0.1, 0.15) is 30.4 Å². The number of halogens is 2. The van der Waals surface area contributed by atoms with Gasteiger partial charge in [0.1, 0.15) is 0 Å². The first-order valence-corrected chi connectivity index (χ1v) is 14.3. The van der Waals surface area contributed by atoms with Crippen LogP contribution in [0.25, 0.3) is 6.08 Å². The number of esters is 1. The summed E-state index contributed by atoms with van der Waals surface area (Å²) in [6, 6.07) is 14.5. The zero-order valence-corrected chi connectivity index (χ0v) is 22.6. The lowest BCUT2D eigenvalue weighted by Gasteiger charge is -2.48. The van der Waals surface area contributed by atoms with E-state index in [1.807, 2.05) is 30.3 Å². The van der Waals surface area contributed by atoms with Crippen LogP contribution in [0.2, 0.25) is 10.0 Å². The summed E-state index contributed by atoms with van der Waals surface area (Å²) in [5.74, 6) is 0.537. The highest BCUT2D eigenvalue weighted by atomic mass is 35.5. The number of rotatable bonds is 5. The molecule has 0 bridgehead atoms. The number of carbonyl (C=O) groups is 2. The Morgan fingerprint density at radius 3 is 2.39 bits per heavy atom. The zero-order chi connectivity index (χ0) is 25.3. The van der Waals surface area contributed by atoms with Crippen molar-refractivity contribution in [2.75, 3.05) is 18.1 Å². The minimum Gasteiger partial charge on any atom is -0.465 e. The molecule has 5 rings (SSSR count). The van der Waals surface area contributed by atoms with E-state index in [1.54, 1.807) is 60.8 Å². The molecule has 0 unspecified atom stereocenters. The fourth-order valence-corrected chi connectivity index (χ4v) is 7.96. The van der Waals surface area contributed by atoms with E-state index in [9.17, 15) is 9.59 Å². The number of aliphatic imine (C=N–C) groups is 1. The molecule has 2 aromatic rings. The van der Waals surface area contributed by atoms with Crippen LogP contribution in [0, 0.1) is 0 Å². The van der Waals surface area contributed by atoms with Crippen molar-refractivity contribution in [1.29, 1.82) is 0 Å². The molecule has 2 aromatic carbocycles. The predicted octanol–water partition coefficient (Wildman–Crippen LogP) is 6.55. The van der Waals surface area contributed by atoms with Gasteiger partial charge >= 0.3 is 5.97 Å². The maximum atomic E-state index is 13.9. The molecule has 2 fully saturated rings. The van der Waals surface area contributed by atoms with Crippen molar-refractivity contribution in [3.8, 4) is 0 Å². The summed E-state index contributed by atoms with van der Waals surface area (Å²) in [6.07, 6.45) is 5.04. The van der Waals surface area contributed by atoms with Gasteiger partial charge in [-0.1, -0.05) is 53.5 Å². The number of hydrogen-bond donors (Lipinski definition) is 0. The highest BCUT2D eigenvalue weighted by Crippen LogP contribution is 2.58. The van der Waals surface area contributed by atoms with Crippen LogP contribution in [-0.4, -0.2) is 47.4 Å². The number of ether oxygens (including phenoxy) is 2. The van der Waals surface area contributed by atoms with E-state index >= 15 is 0 Å². The SMILES string of the molecule is CCOC(=O)[C@@]12N=CO[C@]1(/C=C/c1ccc(Cl)cc1)C(=C1SCCS1)C(=O)C[C@@H]2c1ccc(Cl)cc1. The predicted molar refractivity (Wildman–Crippen MR) is 148 cm³/mol. The molecule has 2 aliphatic heterocycles. The highest BCUT2D eigenvalue weighted by molar-refractivity contribution is 8.25. The fourth-order valence-electron chi connectivity index (χ4n) is 5.02. The Balaban J connectivity index is 1.76. The van der Waals surface area contributed by atoms with Crippen LogP contribution in [0.4, 0.5) is 0 Å². The number of nitrogens with zero attached hydrogens (tertiary/aromatic N) is 1. The summed E-state index contributed by atoms with van der Waals surface area (Å²) in [5, 5.41) is 1.18. The van der Waals surface area contributed by atoms with Crippen molar-refractivity contribution in [2.45, 2.75) is 30.4 Å². The molecule has 1 aliphatic carbocycles. The van der Waals surface area contributed by atoms with Gasteiger partial charge in [0.2, 0.25) is 5.54 Å². The molecule has 0 amide bonds. The van der Waals surface area contributed by atoms with Crippen molar-refractivity contribution in [2.24, 2.45) is 4.99 Å². The molecule has 36 heavy (non-hydrogen) atoms. The molecule has 1 saturated carbocycles. The first-order chi connectivity index (χ1) is 17.4. The van der Waals surface area contributed by atoms with E-state index in [2.05, 4.69) is 0 Å². The van der Waals surface area contributed by atoms with Gasteiger partial charge in [-0.3, -0.25) is 4.79 Å². The van der Waals surface area contributed by atoms with Crippen LogP contribution >= 0.6 is 46.7 Å². The highest BCUT2D eigenvalue weighted by Gasteiger charge is 2.71. The monoisotopic (exact) mass is 559 g/mol. The summed E-state index contributed by atoms with van der Waals surface area (Å²) in [7, 11) is 0. The van der Waals surface area contributed by atoms with Gasteiger partial charge in [0.05, 0.1) is 16.4 Å². The first kappa shape index (κ1) is 25.5. The van der Waals surface area contributed by atoms with Crippen LogP contribution in [0.15, 0.2) is 69.4 Å². The number of thioether (sulfide) groups is 2. The van der Waals surface area contributed by atoms with E-state index in [-0.39, 0.29) is 18.8 Å². The van der Waals surface area contributed by atoms with Crippen molar-refractivity contribution in [3.63, 3.8) is 0 Å². The van der Waals surface area contributed by atoms with Gasteiger partial charge < -0.3 is 9.47 Å². The maximum absolute atomic E-state index is 13.9. The largest absolute Gasteiger partial charge is 0.465 e. The van der Waals surface area contributed by atoms with Crippen molar-refractivity contribution >= 4 is 71.0 Å². The lowest BCUT2D eigenvalue weighted by molar-refractivity contribution is -0.157. The summed E-state index contributed by atoms with van der Waals surface area (Å²) in [5.41, 5.74) is -0.920. The number of benzene rings is 2. The van der Waals surface area contributed by atoms with Crippen molar-refractivity contribution in [3.05, 3.63) is 85.6 Å². The third-order valence-corrected chi connectivity index (χ3v) is 9.82. The average molecular weight is 561 g/mol. The molecule has 0 radical (unpaired) electrons. The lowest BCUT2D eigenvalue weighted by atomic mass is 9.59. The minimum atomic E-state index is -1.53. The molecule has 3 atom stereocenters. The molecule has 1 saturated heterocycles. The van der Waals surface area contributed by atoms with Crippen molar-refractivity contribution in [1.82, 2.24) is 0 Å². The standard InChI is InChI=1S/C27H23Cl2NO4S2/c1-2-33-25(32)27-21(18-5-9-20(29)10-6-18)15-22(31)23(24-35-13-14-36-24)26(27,34-16-30-27)12-11-17-3-7-19(28)8-4-17/h3-12,16,21H,2,13-15H2,1H3/b12-11+/t21-,26-,27-/m1/s1. The van der Waals surface area contributed by atoms with E-state index in [0.29, 0.717) is 15.6 Å². The second-order valence-corrected chi connectivity index (χ2v) is 11.9. The molecule has 0 N–H and O–H groups in total. The van der Waals surface area contributed by atoms with Gasteiger partial charge in [-0.2, -0.15) is 0 Å². The van der Waals surface area contributed by atoms with E-state index in [4.69, 9.17) is 37.7 Å². The van der Waals surface area contributed by atoms with E-state index < -0.39 is 23.0 Å². The Kier molecular flexibility index (Phi) is 7.27. The molecule has 5 nitrogen and oxygen atoms in total. The van der Waals surface area contributed by atoms with E-state index in [1.165, 1.54) is 6.40 Å². The van der Waals surface area contributed by atoms with Gasteiger partial charge in [0.15, 0.2) is 17.8 Å². The van der Waals surface area contributed by atoms with Gasteiger partial charge in [-0.15, -0.1) is 23.5 Å². The Morgan fingerprint density at radius 2 is 1.75 bits per heavy atom. The number of carbonyl (C=O) groups excluding carboxylic acids is 2. The molecule has 2 heterocycles. The summed E-state index contributed by atoms with van der Waals surface area (Å²) < 4.78 is 12.8. The number of ketones is 1. The average Bonchev–Trinajstić information content (AvgIpc) is 3.53. The van der Waals surface area contributed by atoms with Crippen LogP contribution < -0.4 is 0 Å². The van der Waals surface area contributed by atoms with Gasteiger partial charge in [-0.05, 0) is 48.4 Å². The first-order valence-electron chi connectivity index (χ1n) is 11.5. The second kappa shape index (κ2) is 10.3. The molecule has 3 aliphatic rings. The molecule has 0 spiro atoms. The maximum Gasteiger partial charge on any atom is 0.339 e. The number of fused-ring (bicyclic) bond motifs is 1. The quantitative estimate of drug-likeness (QED) is 0.305. The third-order valence-electron chi connectivity index (χ3n) is 6.60. The minimum absolute atomic E-state index is 0.0713. The molecular formula is C27H23Cl2NO4S2. The second-order valence-electron chi connectivity index (χ2n) is 8.55. The normalized spacial score (nSPS) is 27.4. The smallest absolute Gasteiger partial charge is 0.339 e. The Labute approximate surface area is 228 Å². The lowest BCUT2D eigenvalue weighted by Crippen LogP contribution is -2.64. The Morgan fingerprint density at radius 1 is 1.11 bits per heavy atom. The Bertz CT molecular complexity index is 1270. The van der Waals surface area contributed by atoms with Crippen molar-refractivity contribution < 1.29 is 19.1 Å². The summed E-state index contributed by atoms with van der Waals surface area (Å²) >= 11 is 15.5. The zero-order valence-electron chi connectivity index (χ0n) is 19.4.